The fourth-order valence-electron chi connectivity index (χ4n) is 2.95. The highest BCUT2D eigenvalue weighted by atomic mass is 16.5. The van der Waals surface area contributed by atoms with Crippen LogP contribution in [0.1, 0.15) is 57.0 Å². The van der Waals surface area contributed by atoms with E-state index in [-0.39, 0.29) is 5.60 Å². The zero-order valence-electron chi connectivity index (χ0n) is 14.8. The van der Waals surface area contributed by atoms with Crippen LogP contribution in [-0.4, -0.2) is 4.57 Å². The summed E-state index contributed by atoms with van der Waals surface area (Å²) in [6, 6.07) is 8.82. The Balaban J connectivity index is 2.06. The van der Waals surface area contributed by atoms with E-state index in [0.717, 1.165) is 5.82 Å². The van der Waals surface area contributed by atoms with Crippen molar-refractivity contribution in [2.24, 2.45) is 14.1 Å². The second-order valence-corrected chi connectivity index (χ2v) is 6.69. The van der Waals surface area contributed by atoms with Crippen LogP contribution in [0.4, 0.5) is 0 Å². The van der Waals surface area contributed by atoms with E-state index in [9.17, 15) is 0 Å². The van der Waals surface area contributed by atoms with Gasteiger partial charge in [-0.2, -0.15) is 0 Å². The smallest absolute Gasteiger partial charge is 0.288 e. The molecule has 2 rings (SSSR count). The summed E-state index contributed by atoms with van der Waals surface area (Å²) in [5, 5.41) is 0. The van der Waals surface area contributed by atoms with Gasteiger partial charge in [0.1, 0.15) is 12.4 Å². The summed E-state index contributed by atoms with van der Waals surface area (Å²) in [5.41, 5.74) is 2.29. The molecule has 0 saturated carbocycles. The highest BCUT2D eigenvalue weighted by Gasteiger charge is 2.33. The Bertz CT molecular complexity index is 591. The topological polar surface area (TPSA) is 18.0 Å². The summed E-state index contributed by atoms with van der Waals surface area (Å²) in [6.07, 6.45) is 5.29. The SMILES string of the molecule is CCC(C)c1ccc(COC(C)(C)c2n(C)cc[n+]2C)cc1. The lowest BCUT2D eigenvalue weighted by Gasteiger charge is -2.22. The first-order valence-corrected chi connectivity index (χ1v) is 8.09. The number of aryl methyl sites for hydroxylation is 2. The van der Waals surface area contributed by atoms with Crippen molar-refractivity contribution in [1.82, 2.24) is 4.57 Å². The number of aromatic nitrogens is 2. The molecule has 0 radical (unpaired) electrons. The maximum atomic E-state index is 6.21. The molecule has 0 fully saturated rings. The molecule has 120 valence electrons. The first-order valence-electron chi connectivity index (χ1n) is 8.09. The molecule has 1 atom stereocenters. The summed E-state index contributed by atoms with van der Waals surface area (Å²) in [4.78, 5) is 0. The fourth-order valence-corrected chi connectivity index (χ4v) is 2.95. The molecule has 2 aromatic rings. The van der Waals surface area contributed by atoms with Crippen molar-refractivity contribution in [2.75, 3.05) is 0 Å². The maximum Gasteiger partial charge on any atom is 0.288 e. The summed E-state index contributed by atoms with van der Waals surface area (Å²) in [7, 11) is 4.11. The Kier molecular flexibility index (Phi) is 5.07. The van der Waals surface area contributed by atoms with E-state index in [4.69, 9.17) is 4.74 Å². The summed E-state index contributed by atoms with van der Waals surface area (Å²) in [6.45, 7) is 9.36. The van der Waals surface area contributed by atoms with Crippen LogP contribution in [0.3, 0.4) is 0 Å². The van der Waals surface area contributed by atoms with Crippen LogP contribution in [-0.2, 0) is 31.0 Å². The van der Waals surface area contributed by atoms with Crippen LogP contribution in [0, 0.1) is 0 Å². The second kappa shape index (κ2) is 6.66. The lowest BCUT2D eigenvalue weighted by molar-refractivity contribution is -0.686. The zero-order valence-corrected chi connectivity index (χ0v) is 14.8. The largest absolute Gasteiger partial charge is 0.358 e. The van der Waals surface area contributed by atoms with Crippen molar-refractivity contribution in [1.29, 1.82) is 0 Å². The van der Waals surface area contributed by atoms with E-state index in [0.29, 0.717) is 12.5 Å². The van der Waals surface area contributed by atoms with Gasteiger partial charge in [-0.1, -0.05) is 38.1 Å². The van der Waals surface area contributed by atoms with Gasteiger partial charge in [-0.3, -0.25) is 0 Å². The molecule has 0 aliphatic heterocycles. The van der Waals surface area contributed by atoms with E-state index in [1.54, 1.807) is 0 Å². The Morgan fingerprint density at radius 2 is 1.86 bits per heavy atom. The highest BCUT2D eigenvalue weighted by molar-refractivity contribution is 5.24. The molecule has 22 heavy (non-hydrogen) atoms. The number of hydrogen-bond acceptors (Lipinski definition) is 1. The molecule has 3 heteroatoms. The van der Waals surface area contributed by atoms with Crippen LogP contribution in [0.25, 0.3) is 0 Å². The average Bonchev–Trinajstić information content (AvgIpc) is 2.84. The van der Waals surface area contributed by atoms with Gasteiger partial charge in [-0.05, 0) is 37.3 Å². The maximum absolute atomic E-state index is 6.21. The Morgan fingerprint density at radius 1 is 1.23 bits per heavy atom. The van der Waals surface area contributed by atoms with Crippen LogP contribution in [0.5, 0.6) is 0 Å². The summed E-state index contributed by atoms with van der Waals surface area (Å²) in [5.74, 6) is 1.78. The number of ether oxygens (including phenoxy) is 1. The summed E-state index contributed by atoms with van der Waals surface area (Å²) < 4.78 is 10.4. The van der Waals surface area contributed by atoms with Crippen molar-refractivity contribution < 1.29 is 9.30 Å². The van der Waals surface area contributed by atoms with Crippen molar-refractivity contribution in [3.8, 4) is 0 Å². The van der Waals surface area contributed by atoms with E-state index in [1.165, 1.54) is 17.5 Å². The molecule has 1 aromatic heterocycles. The lowest BCUT2D eigenvalue weighted by atomic mass is 9.98. The van der Waals surface area contributed by atoms with Crippen molar-refractivity contribution in [3.63, 3.8) is 0 Å². The van der Waals surface area contributed by atoms with Crippen LogP contribution in [0.15, 0.2) is 36.7 Å². The van der Waals surface area contributed by atoms with Crippen molar-refractivity contribution in [3.05, 3.63) is 53.6 Å². The first kappa shape index (κ1) is 16.8. The van der Waals surface area contributed by atoms with Crippen LogP contribution >= 0.6 is 0 Å². The molecule has 3 nitrogen and oxygen atoms in total. The van der Waals surface area contributed by atoms with Gasteiger partial charge in [-0.25, -0.2) is 9.13 Å². The zero-order chi connectivity index (χ0) is 16.3. The Morgan fingerprint density at radius 3 is 2.36 bits per heavy atom. The normalized spacial score (nSPS) is 13.4. The van der Waals surface area contributed by atoms with Gasteiger partial charge in [-0.15, -0.1) is 0 Å². The van der Waals surface area contributed by atoms with Gasteiger partial charge >= 0.3 is 0 Å². The minimum Gasteiger partial charge on any atom is -0.358 e. The quantitative estimate of drug-likeness (QED) is 0.742. The third kappa shape index (κ3) is 3.58. The van der Waals surface area contributed by atoms with Gasteiger partial charge in [0, 0.05) is 0 Å². The van der Waals surface area contributed by atoms with Gasteiger partial charge in [0.05, 0.1) is 20.7 Å². The van der Waals surface area contributed by atoms with Gasteiger partial charge in [0.25, 0.3) is 5.82 Å². The molecule has 0 amide bonds. The van der Waals surface area contributed by atoms with Crippen LogP contribution < -0.4 is 4.57 Å². The third-order valence-corrected chi connectivity index (χ3v) is 4.48. The summed E-state index contributed by atoms with van der Waals surface area (Å²) >= 11 is 0. The first-order chi connectivity index (χ1) is 10.3. The molecular weight excluding hydrogens is 272 g/mol. The monoisotopic (exact) mass is 301 g/mol. The number of hydrogen-bond donors (Lipinski definition) is 0. The van der Waals surface area contributed by atoms with E-state index >= 15 is 0 Å². The predicted molar refractivity (Wildman–Crippen MR) is 89.6 cm³/mol. The molecule has 1 heterocycles. The van der Waals surface area contributed by atoms with Crippen molar-refractivity contribution in [2.45, 2.75) is 52.2 Å². The Labute approximate surface area is 134 Å². The molecule has 1 unspecified atom stereocenters. The lowest BCUT2D eigenvalue weighted by Crippen LogP contribution is -2.41. The fraction of sp³-hybridized carbons (Fsp3) is 0.526. The van der Waals surface area contributed by atoms with E-state index < -0.39 is 0 Å². The predicted octanol–water partition coefficient (Wildman–Crippen LogP) is 3.82. The second-order valence-electron chi connectivity index (χ2n) is 6.69. The molecule has 0 bridgehead atoms. The Hall–Kier alpha value is -1.61. The number of rotatable bonds is 6. The number of imidazole rings is 1. The van der Waals surface area contributed by atoms with Gasteiger partial charge < -0.3 is 4.74 Å². The third-order valence-electron chi connectivity index (χ3n) is 4.48. The number of nitrogens with zero attached hydrogens (tertiary/aromatic N) is 2. The minimum absolute atomic E-state index is 0.331. The molecule has 0 aliphatic rings. The molecule has 0 N–H and O–H groups in total. The van der Waals surface area contributed by atoms with E-state index in [1.807, 2.05) is 0 Å². The van der Waals surface area contributed by atoms with Gasteiger partial charge in [0.15, 0.2) is 5.60 Å². The van der Waals surface area contributed by atoms with Crippen LogP contribution in [0.2, 0.25) is 0 Å². The standard InChI is InChI=1S/C19H29N2O/c1-7-15(2)17-10-8-16(9-11-17)14-22-19(3,4)18-20(5)12-13-21(18)6/h8-13,15H,7,14H2,1-6H3/q+1. The highest BCUT2D eigenvalue weighted by Crippen LogP contribution is 2.24. The molecule has 0 spiro atoms. The minimum atomic E-state index is -0.331. The van der Waals surface area contributed by atoms with E-state index in [2.05, 4.69) is 87.6 Å². The molecular formula is C19H29N2O+. The van der Waals surface area contributed by atoms with Crippen molar-refractivity contribution >= 4 is 0 Å². The molecule has 0 saturated heterocycles. The molecule has 1 aromatic carbocycles. The average molecular weight is 301 g/mol. The number of benzene rings is 1. The van der Waals surface area contributed by atoms with Gasteiger partial charge in [0.2, 0.25) is 0 Å². The molecule has 0 aliphatic carbocycles.